The molecule has 7 heteroatoms. The van der Waals surface area contributed by atoms with E-state index in [0.29, 0.717) is 23.1 Å². The van der Waals surface area contributed by atoms with Gasteiger partial charge in [0.25, 0.3) is 5.69 Å². The largest absolute Gasteiger partial charge is 0.352 e. The molecule has 1 saturated carbocycles. The molecule has 1 aliphatic rings. The van der Waals surface area contributed by atoms with Crippen molar-refractivity contribution in [3.63, 3.8) is 0 Å². The van der Waals surface area contributed by atoms with Crippen LogP contribution in [0.2, 0.25) is 0 Å². The van der Waals surface area contributed by atoms with Gasteiger partial charge in [0.1, 0.15) is 5.82 Å². The van der Waals surface area contributed by atoms with Gasteiger partial charge in [-0.1, -0.05) is 30.3 Å². The fourth-order valence-corrected chi connectivity index (χ4v) is 2.41. The molecule has 0 unspecified atom stereocenters. The summed E-state index contributed by atoms with van der Waals surface area (Å²) in [6, 6.07) is 12.3. The number of carbonyl (C=O) groups is 1. The molecule has 1 heterocycles. The summed E-state index contributed by atoms with van der Waals surface area (Å²) in [6.45, 7) is 0.162. The highest BCUT2D eigenvalue weighted by molar-refractivity contribution is 5.82. The van der Waals surface area contributed by atoms with E-state index in [0.717, 1.165) is 12.8 Å². The van der Waals surface area contributed by atoms with Gasteiger partial charge in [-0.05, 0) is 18.9 Å². The molecule has 1 aromatic heterocycles. The summed E-state index contributed by atoms with van der Waals surface area (Å²) in [5.74, 6) is 0.451. The number of carbonyl (C=O) groups excluding carboxylic acids is 1. The van der Waals surface area contributed by atoms with E-state index in [1.807, 2.05) is 6.07 Å². The summed E-state index contributed by atoms with van der Waals surface area (Å²) in [4.78, 5) is 28.8. The fraction of sp³-hybridized carbons (Fsp3) is 0.294. The first-order chi connectivity index (χ1) is 11.5. The number of aromatic nitrogens is 1. The third-order valence-corrected chi connectivity index (χ3v) is 3.82. The van der Waals surface area contributed by atoms with E-state index >= 15 is 0 Å². The predicted molar refractivity (Wildman–Crippen MR) is 90.8 cm³/mol. The lowest BCUT2D eigenvalue weighted by atomic mass is 10.1. The minimum atomic E-state index is -0.446. The van der Waals surface area contributed by atoms with Gasteiger partial charge in [-0.2, -0.15) is 0 Å². The molecule has 1 aliphatic carbocycles. The van der Waals surface area contributed by atoms with Gasteiger partial charge < -0.3 is 10.2 Å². The lowest BCUT2D eigenvalue weighted by Gasteiger charge is -2.18. The summed E-state index contributed by atoms with van der Waals surface area (Å²) in [7, 11) is 1.75. The SMILES string of the molecule is CN(CC(=O)NC1CC1)c1ccc([N+](=O)[O-])c(-c2ccccc2)n1. The van der Waals surface area contributed by atoms with E-state index in [4.69, 9.17) is 0 Å². The molecule has 1 amide bonds. The Bertz CT molecular complexity index is 760. The maximum atomic E-state index is 11.9. The van der Waals surface area contributed by atoms with Crippen molar-refractivity contribution in [1.82, 2.24) is 10.3 Å². The molecule has 0 spiro atoms. The minimum absolute atomic E-state index is 0.0548. The van der Waals surface area contributed by atoms with Gasteiger partial charge in [-0.25, -0.2) is 4.98 Å². The molecule has 0 bridgehead atoms. The van der Waals surface area contributed by atoms with Crippen LogP contribution < -0.4 is 10.2 Å². The fourth-order valence-electron chi connectivity index (χ4n) is 2.41. The molecule has 0 atom stereocenters. The van der Waals surface area contributed by atoms with Crippen LogP contribution in [0.3, 0.4) is 0 Å². The molecule has 24 heavy (non-hydrogen) atoms. The lowest BCUT2D eigenvalue weighted by Crippen LogP contribution is -2.36. The Balaban J connectivity index is 1.86. The first-order valence-corrected chi connectivity index (χ1v) is 7.76. The Morgan fingerprint density at radius 2 is 2.00 bits per heavy atom. The number of hydrogen-bond donors (Lipinski definition) is 1. The predicted octanol–water partition coefficient (Wildman–Crippen LogP) is 2.37. The highest BCUT2D eigenvalue weighted by atomic mass is 16.6. The van der Waals surface area contributed by atoms with E-state index < -0.39 is 4.92 Å². The van der Waals surface area contributed by atoms with Gasteiger partial charge >= 0.3 is 0 Å². The number of nitrogens with zero attached hydrogens (tertiary/aromatic N) is 3. The molecule has 0 aliphatic heterocycles. The highest BCUT2D eigenvalue weighted by Gasteiger charge is 2.24. The average molecular weight is 326 g/mol. The summed E-state index contributed by atoms with van der Waals surface area (Å²) in [5.41, 5.74) is 0.912. The summed E-state index contributed by atoms with van der Waals surface area (Å²) < 4.78 is 0. The van der Waals surface area contributed by atoms with Crippen LogP contribution in [0.1, 0.15) is 12.8 Å². The number of hydrogen-bond acceptors (Lipinski definition) is 5. The third kappa shape index (κ3) is 3.68. The normalized spacial score (nSPS) is 13.4. The Labute approximate surface area is 139 Å². The topological polar surface area (TPSA) is 88.4 Å². The third-order valence-electron chi connectivity index (χ3n) is 3.82. The smallest absolute Gasteiger partial charge is 0.295 e. The number of amides is 1. The van der Waals surface area contributed by atoms with Crippen molar-refractivity contribution < 1.29 is 9.72 Å². The molecule has 2 aromatic rings. The molecule has 3 rings (SSSR count). The van der Waals surface area contributed by atoms with Crippen molar-refractivity contribution >= 4 is 17.4 Å². The van der Waals surface area contributed by atoms with Gasteiger partial charge in [-0.15, -0.1) is 0 Å². The molecule has 1 N–H and O–H groups in total. The van der Waals surface area contributed by atoms with Crippen LogP contribution in [0.4, 0.5) is 11.5 Å². The van der Waals surface area contributed by atoms with Crippen LogP contribution in [0, 0.1) is 10.1 Å². The van der Waals surface area contributed by atoms with Crippen LogP contribution in [-0.2, 0) is 4.79 Å². The molecule has 7 nitrogen and oxygen atoms in total. The zero-order chi connectivity index (χ0) is 17.1. The maximum absolute atomic E-state index is 11.9. The van der Waals surface area contributed by atoms with Gasteiger partial charge in [0, 0.05) is 24.7 Å². The summed E-state index contributed by atoms with van der Waals surface area (Å²) in [6.07, 6.45) is 2.06. The molecule has 1 aromatic carbocycles. The van der Waals surface area contributed by atoms with Gasteiger partial charge in [0.2, 0.25) is 5.91 Å². The monoisotopic (exact) mass is 326 g/mol. The molecular formula is C17H18N4O3. The van der Waals surface area contributed by atoms with Crippen LogP contribution in [0.25, 0.3) is 11.3 Å². The van der Waals surface area contributed by atoms with Crippen LogP contribution in [-0.4, -0.2) is 35.4 Å². The van der Waals surface area contributed by atoms with Crippen molar-refractivity contribution in [1.29, 1.82) is 0 Å². The van der Waals surface area contributed by atoms with E-state index in [-0.39, 0.29) is 18.1 Å². The van der Waals surface area contributed by atoms with Crippen molar-refractivity contribution in [2.45, 2.75) is 18.9 Å². The number of anilines is 1. The van der Waals surface area contributed by atoms with Crippen molar-refractivity contribution in [2.24, 2.45) is 0 Å². The van der Waals surface area contributed by atoms with Crippen LogP contribution >= 0.6 is 0 Å². The maximum Gasteiger partial charge on any atom is 0.295 e. The molecule has 0 radical (unpaired) electrons. The average Bonchev–Trinajstić information content (AvgIpc) is 3.38. The van der Waals surface area contributed by atoms with Gasteiger partial charge in [0.05, 0.1) is 11.5 Å². The zero-order valence-electron chi connectivity index (χ0n) is 13.3. The Morgan fingerprint density at radius 1 is 1.29 bits per heavy atom. The number of nitro groups is 1. The van der Waals surface area contributed by atoms with Gasteiger partial charge in [-0.3, -0.25) is 14.9 Å². The minimum Gasteiger partial charge on any atom is -0.352 e. The second-order valence-electron chi connectivity index (χ2n) is 5.86. The number of nitrogens with one attached hydrogen (secondary N) is 1. The van der Waals surface area contributed by atoms with Gasteiger partial charge in [0.15, 0.2) is 5.69 Å². The Morgan fingerprint density at radius 3 is 2.62 bits per heavy atom. The van der Waals surface area contributed by atoms with Crippen LogP contribution in [0.5, 0.6) is 0 Å². The number of rotatable bonds is 6. The summed E-state index contributed by atoms with van der Waals surface area (Å²) in [5, 5.41) is 14.2. The Hall–Kier alpha value is -2.96. The number of likely N-dealkylation sites (N-methyl/N-ethyl adjacent to an activating group) is 1. The standard InChI is InChI=1S/C17H18N4O3/c1-20(11-16(22)18-13-7-8-13)15-10-9-14(21(23)24)17(19-15)12-5-3-2-4-6-12/h2-6,9-10,13H,7-8,11H2,1H3,(H,18,22). The second kappa shape index (κ2) is 6.66. The summed E-state index contributed by atoms with van der Waals surface area (Å²) >= 11 is 0. The molecular weight excluding hydrogens is 308 g/mol. The zero-order valence-corrected chi connectivity index (χ0v) is 13.3. The van der Waals surface area contributed by atoms with Crippen molar-refractivity contribution in [3.05, 3.63) is 52.6 Å². The Kier molecular flexibility index (Phi) is 4.41. The van der Waals surface area contributed by atoms with Crippen molar-refractivity contribution in [3.8, 4) is 11.3 Å². The molecule has 1 fully saturated rings. The first kappa shape index (κ1) is 15.9. The van der Waals surface area contributed by atoms with E-state index in [9.17, 15) is 14.9 Å². The van der Waals surface area contributed by atoms with Crippen molar-refractivity contribution in [2.75, 3.05) is 18.5 Å². The number of pyridine rings is 1. The van der Waals surface area contributed by atoms with E-state index in [1.165, 1.54) is 6.07 Å². The number of benzene rings is 1. The quantitative estimate of drug-likeness (QED) is 0.650. The van der Waals surface area contributed by atoms with E-state index in [2.05, 4.69) is 10.3 Å². The van der Waals surface area contributed by atoms with E-state index in [1.54, 1.807) is 42.3 Å². The lowest BCUT2D eigenvalue weighted by molar-refractivity contribution is -0.384. The first-order valence-electron chi connectivity index (χ1n) is 7.76. The highest BCUT2D eigenvalue weighted by Crippen LogP contribution is 2.30. The second-order valence-corrected chi connectivity index (χ2v) is 5.86. The molecule has 124 valence electrons. The molecule has 0 saturated heterocycles. The van der Waals surface area contributed by atoms with Crippen LogP contribution in [0.15, 0.2) is 42.5 Å².